The van der Waals surface area contributed by atoms with Crippen LogP contribution in [0.4, 0.5) is 0 Å². The molecule has 208 valence electrons. The zero-order valence-corrected chi connectivity index (χ0v) is 24.0. The van der Waals surface area contributed by atoms with Crippen molar-refractivity contribution in [2.24, 2.45) is 5.10 Å². The highest BCUT2D eigenvalue weighted by Gasteiger charge is 2.18. The number of amides is 1. The van der Waals surface area contributed by atoms with Gasteiger partial charge in [-0.2, -0.15) is 5.10 Å². The van der Waals surface area contributed by atoms with Crippen molar-refractivity contribution in [2.45, 2.75) is 12.1 Å². The van der Waals surface area contributed by atoms with E-state index in [1.54, 1.807) is 24.3 Å². The maximum atomic E-state index is 12.7. The standard InChI is InChI=1S/C28H28ClN5O5S/c1-5-39-22-13-11-21(12-14-22)34-27(18-6-9-20(29)10-7-18)32-33-28(34)40-17-24(35)31-30-16-19-8-15-23(36-2)26(38-4)25(19)37-3/h6-16H,5,17H2,1-4H3,(H,31,35)/b30-16+. The van der Waals surface area contributed by atoms with Gasteiger partial charge in [0, 0.05) is 21.8 Å². The Morgan fingerprint density at radius 2 is 1.70 bits per heavy atom. The van der Waals surface area contributed by atoms with Gasteiger partial charge in [-0.25, -0.2) is 5.43 Å². The third kappa shape index (κ3) is 6.67. The summed E-state index contributed by atoms with van der Waals surface area (Å²) >= 11 is 7.32. The summed E-state index contributed by atoms with van der Waals surface area (Å²) in [5, 5.41) is 14.0. The molecule has 1 N–H and O–H groups in total. The van der Waals surface area contributed by atoms with E-state index in [2.05, 4.69) is 20.7 Å². The minimum atomic E-state index is -0.324. The molecule has 0 aliphatic heterocycles. The first-order valence-electron chi connectivity index (χ1n) is 12.2. The molecule has 0 aliphatic rings. The van der Waals surface area contributed by atoms with E-state index >= 15 is 0 Å². The molecule has 1 amide bonds. The maximum Gasteiger partial charge on any atom is 0.250 e. The molecule has 4 aromatic rings. The van der Waals surface area contributed by atoms with Crippen LogP contribution in [-0.4, -0.2) is 60.6 Å². The second-order valence-electron chi connectivity index (χ2n) is 8.08. The summed E-state index contributed by atoms with van der Waals surface area (Å²) in [6, 6.07) is 18.4. The fraction of sp³-hybridized carbons (Fsp3) is 0.214. The number of methoxy groups -OCH3 is 3. The van der Waals surface area contributed by atoms with Gasteiger partial charge in [0.15, 0.2) is 22.5 Å². The summed E-state index contributed by atoms with van der Waals surface area (Å²) < 4.78 is 23.6. The first kappa shape index (κ1) is 28.8. The minimum absolute atomic E-state index is 0.0518. The molecular formula is C28H28ClN5O5S. The molecule has 0 aliphatic carbocycles. The zero-order chi connectivity index (χ0) is 28.5. The number of rotatable bonds is 12. The van der Waals surface area contributed by atoms with Gasteiger partial charge in [-0.1, -0.05) is 23.4 Å². The predicted octanol–water partition coefficient (Wildman–Crippen LogP) is 5.25. The Hall–Kier alpha value is -4.22. The average molecular weight is 582 g/mol. The summed E-state index contributed by atoms with van der Waals surface area (Å²) in [4.78, 5) is 12.7. The molecule has 0 spiro atoms. The monoisotopic (exact) mass is 581 g/mol. The largest absolute Gasteiger partial charge is 0.494 e. The molecule has 0 saturated heterocycles. The minimum Gasteiger partial charge on any atom is -0.494 e. The number of halogens is 1. The van der Waals surface area contributed by atoms with Crippen LogP contribution in [0.25, 0.3) is 17.1 Å². The summed E-state index contributed by atoms with van der Waals surface area (Å²) in [7, 11) is 4.57. The first-order chi connectivity index (χ1) is 19.5. The average Bonchev–Trinajstić information content (AvgIpc) is 3.40. The SMILES string of the molecule is CCOc1ccc(-n2c(SCC(=O)N/N=C/c3ccc(OC)c(OC)c3OC)nnc2-c2ccc(Cl)cc2)cc1. The molecule has 40 heavy (non-hydrogen) atoms. The third-order valence-electron chi connectivity index (χ3n) is 5.60. The van der Waals surface area contributed by atoms with Crippen molar-refractivity contribution >= 4 is 35.5 Å². The van der Waals surface area contributed by atoms with E-state index in [1.807, 2.05) is 47.9 Å². The normalized spacial score (nSPS) is 10.9. The molecule has 0 atom stereocenters. The van der Waals surface area contributed by atoms with Gasteiger partial charge in [-0.05, 0) is 67.6 Å². The molecular weight excluding hydrogens is 554 g/mol. The van der Waals surface area contributed by atoms with E-state index < -0.39 is 0 Å². The van der Waals surface area contributed by atoms with Gasteiger partial charge < -0.3 is 18.9 Å². The summed E-state index contributed by atoms with van der Waals surface area (Å²) in [6.45, 7) is 2.50. The number of hydrogen-bond acceptors (Lipinski definition) is 9. The van der Waals surface area contributed by atoms with Crippen LogP contribution < -0.4 is 24.4 Å². The van der Waals surface area contributed by atoms with E-state index in [1.165, 1.54) is 39.3 Å². The number of nitrogens with one attached hydrogen (secondary N) is 1. The van der Waals surface area contributed by atoms with Gasteiger partial charge >= 0.3 is 0 Å². The quantitative estimate of drug-likeness (QED) is 0.137. The smallest absolute Gasteiger partial charge is 0.250 e. The van der Waals surface area contributed by atoms with E-state index in [4.69, 9.17) is 30.5 Å². The number of carbonyl (C=O) groups excluding carboxylic acids is 1. The number of hydrogen-bond donors (Lipinski definition) is 1. The third-order valence-corrected chi connectivity index (χ3v) is 6.78. The van der Waals surface area contributed by atoms with Gasteiger partial charge in [0.1, 0.15) is 5.75 Å². The lowest BCUT2D eigenvalue weighted by Crippen LogP contribution is -2.20. The zero-order valence-electron chi connectivity index (χ0n) is 22.4. The van der Waals surface area contributed by atoms with Crippen LogP contribution in [0.1, 0.15) is 12.5 Å². The van der Waals surface area contributed by atoms with Crippen molar-refractivity contribution in [3.8, 4) is 40.1 Å². The molecule has 12 heteroatoms. The number of carbonyl (C=O) groups is 1. The number of benzene rings is 3. The van der Waals surface area contributed by atoms with Gasteiger partial charge in [0.2, 0.25) is 5.75 Å². The van der Waals surface area contributed by atoms with Gasteiger partial charge in [-0.15, -0.1) is 10.2 Å². The van der Waals surface area contributed by atoms with E-state index in [0.717, 1.165) is 17.0 Å². The summed E-state index contributed by atoms with van der Waals surface area (Å²) in [5.74, 6) is 2.48. The Balaban J connectivity index is 1.51. The lowest BCUT2D eigenvalue weighted by Gasteiger charge is -2.13. The lowest BCUT2D eigenvalue weighted by molar-refractivity contribution is -0.118. The van der Waals surface area contributed by atoms with Crippen LogP contribution in [0.5, 0.6) is 23.0 Å². The fourth-order valence-corrected chi connectivity index (χ4v) is 4.67. The van der Waals surface area contributed by atoms with Crippen LogP contribution in [0, 0.1) is 0 Å². The molecule has 0 radical (unpaired) electrons. The highest BCUT2D eigenvalue weighted by atomic mass is 35.5. The molecule has 0 fully saturated rings. The summed E-state index contributed by atoms with van der Waals surface area (Å²) in [5.41, 5.74) is 4.79. The van der Waals surface area contributed by atoms with Gasteiger partial charge in [0.05, 0.1) is 39.9 Å². The Kier molecular flexibility index (Phi) is 9.87. The van der Waals surface area contributed by atoms with Crippen LogP contribution in [0.3, 0.4) is 0 Å². The van der Waals surface area contributed by atoms with Crippen molar-refractivity contribution in [2.75, 3.05) is 33.7 Å². The van der Waals surface area contributed by atoms with E-state index in [-0.39, 0.29) is 11.7 Å². The van der Waals surface area contributed by atoms with Crippen molar-refractivity contribution in [3.05, 3.63) is 71.2 Å². The Bertz CT molecular complexity index is 1480. The van der Waals surface area contributed by atoms with E-state index in [0.29, 0.717) is 45.4 Å². The Labute approximate surface area is 241 Å². The number of hydrazone groups is 1. The predicted molar refractivity (Wildman–Crippen MR) is 156 cm³/mol. The fourth-order valence-electron chi connectivity index (χ4n) is 3.80. The molecule has 1 aromatic heterocycles. The topological polar surface area (TPSA) is 109 Å². The van der Waals surface area contributed by atoms with Crippen LogP contribution in [0.15, 0.2) is 70.9 Å². The molecule has 0 unspecified atom stereocenters. The molecule has 3 aromatic carbocycles. The first-order valence-corrected chi connectivity index (χ1v) is 13.5. The molecule has 4 rings (SSSR count). The number of ether oxygens (including phenoxy) is 4. The van der Waals surface area contributed by atoms with Crippen LogP contribution >= 0.6 is 23.4 Å². The van der Waals surface area contributed by atoms with Crippen molar-refractivity contribution in [1.82, 2.24) is 20.2 Å². The Morgan fingerprint density at radius 3 is 2.35 bits per heavy atom. The number of nitrogens with zero attached hydrogens (tertiary/aromatic N) is 4. The molecule has 0 bridgehead atoms. The highest BCUT2D eigenvalue weighted by Crippen LogP contribution is 2.39. The highest BCUT2D eigenvalue weighted by molar-refractivity contribution is 7.99. The maximum absolute atomic E-state index is 12.7. The van der Waals surface area contributed by atoms with Gasteiger partial charge in [-0.3, -0.25) is 9.36 Å². The van der Waals surface area contributed by atoms with E-state index in [9.17, 15) is 4.79 Å². The van der Waals surface area contributed by atoms with Crippen molar-refractivity contribution < 1.29 is 23.7 Å². The van der Waals surface area contributed by atoms with Crippen LogP contribution in [-0.2, 0) is 4.79 Å². The molecule has 10 nitrogen and oxygen atoms in total. The second kappa shape index (κ2) is 13.7. The summed E-state index contributed by atoms with van der Waals surface area (Å²) in [6.07, 6.45) is 1.48. The van der Waals surface area contributed by atoms with Gasteiger partial charge in [0.25, 0.3) is 5.91 Å². The molecule has 1 heterocycles. The van der Waals surface area contributed by atoms with Crippen molar-refractivity contribution in [3.63, 3.8) is 0 Å². The molecule has 0 saturated carbocycles. The lowest BCUT2D eigenvalue weighted by atomic mass is 10.2. The van der Waals surface area contributed by atoms with Crippen molar-refractivity contribution in [1.29, 1.82) is 0 Å². The van der Waals surface area contributed by atoms with Crippen LogP contribution in [0.2, 0.25) is 5.02 Å². The number of aromatic nitrogens is 3. The second-order valence-corrected chi connectivity index (χ2v) is 9.46. The Morgan fingerprint density at radius 1 is 0.975 bits per heavy atom. The number of thioether (sulfide) groups is 1.